The van der Waals surface area contributed by atoms with E-state index in [-0.39, 0.29) is 6.04 Å². The largest absolute Gasteiger partial charge is 0.381 e. The van der Waals surface area contributed by atoms with Crippen molar-refractivity contribution in [2.24, 2.45) is 0 Å². The molecule has 0 saturated carbocycles. The molecule has 4 heteroatoms. The number of hydrogen-bond acceptors (Lipinski definition) is 2. The van der Waals surface area contributed by atoms with E-state index in [4.69, 9.17) is 4.74 Å². The second-order valence-electron chi connectivity index (χ2n) is 4.08. The molecule has 0 aromatic rings. The predicted octanol–water partition coefficient (Wildman–Crippen LogP) is 2.19. The maximum absolute atomic E-state index is 12.9. The summed E-state index contributed by atoms with van der Waals surface area (Å²) in [6, 6.07) is -0.580. The molecular formula is C10H19F2NO. The van der Waals surface area contributed by atoms with Crippen LogP contribution >= 0.6 is 0 Å². The van der Waals surface area contributed by atoms with Gasteiger partial charge in [0, 0.05) is 26.2 Å². The Labute approximate surface area is 84.0 Å². The van der Waals surface area contributed by atoms with Crippen LogP contribution in [0, 0.1) is 0 Å². The molecule has 0 aromatic carbocycles. The molecule has 1 fully saturated rings. The first-order valence-electron chi connectivity index (χ1n) is 5.22. The van der Waals surface area contributed by atoms with Gasteiger partial charge >= 0.3 is 0 Å². The number of ether oxygens (including phenoxy) is 1. The highest BCUT2D eigenvalue weighted by molar-refractivity contribution is 4.80. The number of halogens is 2. The molecule has 2 atom stereocenters. The van der Waals surface area contributed by atoms with Gasteiger partial charge in [-0.05, 0) is 26.2 Å². The van der Waals surface area contributed by atoms with E-state index in [1.54, 1.807) is 0 Å². The van der Waals surface area contributed by atoms with Crippen LogP contribution < -0.4 is 5.32 Å². The quantitative estimate of drug-likeness (QED) is 0.766. The second kappa shape index (κ2) is 5.03. The topological polar surface area (TPSA) is 21.3 Å². The van der Waals surface area contributed by atoms with Gasteiger partial charge < -0.3 is 10.1 Å². The lowest BCUT2D eigenvalue weighted by molar-refractivity contribution is -0.0165. The van der Waals surface area contributed by atoms with Gasteiger partial charge in [0.25, 0.3) is 5.92 Å². The van der Waals surface area contributed by atoms with Crippen molar-refractivity contribution in [3.63, 3.8) is 0 Å². The van der Waals surface area contributed by atoms with Gasteiger partial charge in [0.1, 0.15) is 0 Å². The Bertz CT molecular complexity index is 162. The molecule has 0 unspecified atom stereocenters. The van der Waals surface area contributed by atoms with E-state index in [2.05, 4.69) is 5.32 Å². The molecule has 2 nitrogen and oxygen atoms in total. The van der Waals surface area contributed by atoms with Crippen LogP contribution in [0.1, 0.15) is 33.1 Å². The highest BCUT2D eigenvalue weighted by Gasteiger charge is 2.31. The summed E-state index contributed by atoms with van der Waals surface area (Å²) in [5.74, 6) is -2.65. The number of nitrogens with one attached hydrogen (secondary N) is 1. The van der Waals surface area contributed by atoms with Gasteiger partial charge in [0.2, 0.25) is 0 Å². The van der Waals surface area contributed by atoms with Crippen LogP contribution in [0.3, 0.4) is 0 Å². The summed E-state index contributed by atoms with van der Waals surface area (Å²) in [4.78, 5) is 0. The molecular weight excluding hydrogens is 188 g/mol. The minimum atomic E-state index is -2.65. The molecule has 1 rings (SSSR count). The Morgan fingerprint density at radius 3 is 2.71 bits per heavy atom. The van der Waals surface area contributed by atoms with Crippen LogP contribution in [0.2, 0.25) is 0 Å². The summed E-state index contributed by atoms with van der Waals surface area (Å²) in [6.45, 7) is 3.93. The van der Waals surface area contributed by atoms with E-state index < -0.39 is 12.0 Å². The van der Waals surface area contributed by atoms with Gasteiger partial charge in [0.15, 0.2) is 0 Å². The molecule has 84 valence electrons. The Balaban J connectivity index is 2.34. The Morgan fingerprint density at radius 1 is 1.36 bits per heavy atom. The first-order chi connectivity index (χ1) is 6.50. The molecule has 0 bridgehead atoms. The second-order valence-corrected chi connectivity index (χ2v) is 4.08. The first kappa shape index (κ1) is 11.9. The van der Waals surface area contributed by atoms with E-state index in [0.717, 1.165) is 32.8 Å². The smallest absolute Gasteiger partial charge is 0.260 e. The van der Waals surface area contributed by atoms with Crippen LogP contribution in [0.15, 0.2) is 0 Å². The molecule has 1 N–H and O–H groups in total. The van der Waals surface area contributed by atoms with Crippen molar-refractivity contribution in [3.8, 4) is 0 Å². The highest BCUT2D eigenvalue weighted by atomic mass is 19.3. The zero-order valence-corrected chi connectivity index (χ0v) is 8.85. The molecule has 0 aliphatic carbocycles. The van der Waals surface area contributed by atoms with Gasteiger partial charge in [-0.25, -0.2) is 8.78 Å². The summed E-state index contributed by atoms with van der Waals surface area (Å²) in [6.07, 6.45) is 2.72. The van der Waals surface area contributed by atoms with E-state index in [9.17, 15) is 8.78 Å². The summed E-state index contributed by atoms with van der Waals surface area (Å²) in [5.41, 5.74) is 0. The van der Waals surface area contributed by atoms with Gasteiger partial charge in [-0.3, -0.25) is 0 Å². The van der Waals surface area contributed by atoms with Crippen LogP contribution in [0.4, 0.5) is 8.78 Å². The molecule has 0 aromatic heterocycles. The average molecular weight is 207 g/mol. The standard InChI is InChI=1S/C10H19F2NO/c1-8(10(2,11)12)13-9-4-3-6-14-7-5-9/h8-9,13H,3-7H2,1-2H3/t8-,9+/m1/s1. The minimum Gasteiger partial charge on any atom is -0.381 e. The van der Waals surface area contributed by atoms with E-state index in [1.165, 1.54) is 6.92 Å². The summed E-state index contributed by atoms with van der Waals surface area (Å²) < 4.78 is 31.0. The van der Waals surface area contributed by atoms with Gasteiger partial charge in [-0.15, -0.1) is 0 Å². The van der Waals surface area contributed by atoms with Gasteiger partial charge in [0.05, 0.1) is 6.04 Å². The van der Waals surface area contributed by atoms with Crippen molar-refractivity contribution in [1.29, 1.82) is 0 Å². The maximum Gasteiger partial charge on any atom is 0.260 e. The molecule has 0 radical (unpaired) electrons. The minimum absolute atomic E-state index is 0.179. The number of alkyl halides is 2. The SMILES string of the molecule is C[C@@H](N[C@H]1CCCOCC1)C(C)(F)F. The first-order valence-corrected chi connectivity index (χ1v) is 5.22. The Morgan fingerprint density at radius 2 is 2.07 bits per heavy atom. The van der Waals surface area contributed by atoms with Crippen molar-refractivity contribution >= 4 is 0 Å². The van der Waals surface area contributed by atoms with Crippen molar-refractivity contribution in [3.05, 3.63) is 0 Å². The van der Waals surface area contributed by atoms with E-state index >= 15 is 0 Å². The summed E-state index contributed by atoms with van der Waals surface area (Å²) in [7, 11) is 0. The van der Waals surface area contributed by atoms with E-state index in [0.29, 0.717) is 6.61 Å². The zero-order valence-electron chi connectivity index (χ0n) is 8.85. The average Bonchev–Trinajstić information content (AvgIpc) is 2.31. The van der Waals surface area contributed by atoms with Crippen molar-refractivity contribution in [2.45, 2.75) is 51.1 Å². The third kappa shape index (κ3) is 3.88. The van der Waals surface area contributed by atoms with Gasteiger partial charge in [-0.1, -0.05) is 0 Å². The van der Waals surface area contributed by atoms with Crippen LogP contribution in [-0.4, -0.2) is 31.2 Å². The van der Waals surface area contributed by atoms with Crippen molar-refractivity contribution in [2.75, 3.05) is 13.2 Å². The lowest BCUT2D eigenvalue weighted by atomic mass is 10.1. The summed E-state index contributed by atoms with van der Waals surface area (Å²) in [5, 5.41) is 2.97. The van der Waals surface area contributed by atoms with Crippen LogP contribution in [0.25, 0.3) is 0 Å². The van der Waals surface area contributed by atoms with Crippen LogP contribution in [-0.2, 0) is 4.74 Å². The fraction of sp³-hybridized carbons (Fsp3) is 1.00. The highest BCUT2D eigenvalue weighted by Crippen LogP contribution is 2.19. The maximum atomic E-state index is 12.9. The molecule has 0 spiro atoms. The Hall–Kier alpha value is -0.220. The van der Waals surface area contributed by atoms with Crippen LogP contribution in [0.5, 0.6) is 0 Å². The molecule has 0 amide bonds. The molecule has 1 heterocycles. The Kier molecular flexibility index (Phi) is 4.26. The lowest BCUT2D eigenvalue weighted by Crippen LogP contribution is -2.46. The molecule has 1 saturated heterocycles. The molecule has 1 aliphatic rings. The number of hydrogen-bond donors (Lipinski definition) is 1. The third-order valence-corrected chi connectivity index (χ3v) is 2.70. The molecule has 14 heavy (non-hydrogen) atoms. The fourth-order valence-corrected chi connectivity index (χ4v) is 1.57. The van der Waals surface area contributed by atoms with Crippen molar-refractivity contribution in [1.82, 2.24) is 5.32 Å². The number of rotatable bonds is 3. The van der Waals surface area contributed by atoms with Gasteiger partial charge in [-0.2, -0.15) is 0 Å². The third-order valence-electron chi connectivity index (χ3n) is 2.70. The normalized spacial score (nSPS) is 27.0. The summed E-state index contributed by atoms with van der Waals surface area (Å²) >= 11 is 0. The zero-order chi connectivity index (χ0) is 10.6. The monoisotopic (exact) mass is 207 g/mol. The molecule has 1 aliphatic heterocycles. The van der Waals surface area contributed by atoms with E-state index in [1.807, 2.05) is 0 Å². The van der Waals surface area contributed by atoms with Crippen molar-refractivity contribution < 1.29 is 13.5 Å². The fourth-order valence-electron chi connectivity index (χ4n) is 1.57. The predicted molar refractivity (Wildman–Crippen MR) is 51.7 cm³/mol. The lowest BCUT2D eigenvalue weighted by Gasteiger charge is -2.25.